The molecule has 174 valence electrons. The van der Waals surface area contributed by atoms with Crippen molar-refractivity contribution in [3.8, 4) is 5.75 Å². The Morgan fingerprint density at radius 2 is 1.66 bits per heavy atom. The van der Waals surface area contributed by atoms with Gasteiger partial charge in [-0.25, -0.2) is 8.42 Å². The molecule has 0 bridgehead atoms. The van der Waals surface area contributed by atoms with Crippen LogP contribution in [0.25, 0.3) is 0 Å². The van der Waals surface area contributed by atoms with Crippen LogP contribution >= 0.6 is 0 Å². The molecule has 0 spiro atoms. The Kier molecular flexibility index (Phi) is 6.74. The minimum atomic E-state index is -3.55. The van der Waals surface area contributed by atoms with Gasteiger partial charge in [0.15, 0.2) is 5.78 Å². The average molecular weight is 460 g/mol. The lowest BCUT2D eigenvalue weighted by Crippen LogP contribution is -2.49. The lowest BCUT2D eigenvalue weighted by Gasteiger charge is -2.33. The van der Waals surface area contributed by atoms with Crippen LogP contribution in [0.5, 0.6) is 5.75 Å². The van der Waals surface area contributed by atoms with Gasteiger partial charge < -0.3 is 9.30 Å². The molecule has 0 atom stereocenters. The van der Waals surface area contributed by atoms with Crippen LogP contribution in [0.1, 0.15) is 53.5 Å². The van der Waals surface area contributed by atoms with E-state index in [0.717, 1.165) is 17.0 Å². The fourth-order valence-electron chi connectivity index (χ4n) is 5.10. The van der Waals surface area contributed by atoms with Gasteiger partial charge in [-0.05, 0) is 57.0 Å². The fourth-order valence-corrected chi connectivity index (χ4v) is 6.52. The van der Waals surface area contributed by atoms with E-state index in [-0.39, 0.29) is 10.7 Å². The Bertz CT molecular complexity index is 1060. The van der Waals surface area contributed by atoms with Gasteiger partial charge in [-0.3, -0.25) is 9.69 Å². The maximum Gasteiger partial charge on any atom is 0.243 e. The maximum atomic E-state index is 13.1. The number of rotatable bonds is 7. The number of carbonyl (C=O) groups is 1. The van der Waals surface area contributed by atoms with E-state index in [0.29, 0.717) is 44.5 Å². The number of sulfonamides is 1. The third-order valence-corrected chi connectivity index (χ3v) is 8.78. The highest BCUT2D eigenvalue weighted by atomic mass is 32.2. The standard InChI is InChI=1S/C24H33N3O4S/c1-18-16-23(19(2)27(18)20-6-4-5-7-20)24(28)17-25-12-14-26(15-13-25)32(29,30)22-10-8-21(31-3)9-11-22/h8-11,16,20H,4-7,12-15,17H2,1-3H3. The quantitative estimate of drug-likeness (QED) is 0.594. The van der Waals surface area contributed by atoms with E-state index in [4.69, 9.17) is 4.74 Å². The molecule has 2 aliphatic rings. The van der Waals surface area contributed by atoms with E-state index < -0.39 is 10.0 Å². The highest BCUT2D eigenvalue weighted by Gasteiger charge is 2.30. The SMILES string of the molecule is COc1ccc(S(=O)(=O)N2CCN(CC(=O)c3cc(C)n(C4CCCC4)c3C)CC2)cc1. The number of ether oxygens (including phenoxy) is 1. The summed E-state index contributed by atoms with van der Waals surface area (Å²) in [6, 6.07) is 9.01. The van der Waals surface area contributed by atoms with E-state index in [1.807, 2.05) is 6.07 Å². The van der Waals surface area contributed by atoms with Crippen LogP contribution in [0.15, 0.2) is 35.2 Å². The van der Waals surface area contributed by atoms with Crippen molar-refractivity contribution in [3.05, 3.63) is 47.3 Å². The summed E-state index contributed by atoms with van der Waals surface area (Å²) in [5.74, 6) is 0.744. The number of aryl methyl sites for hydroxylation is 1. The van der Waals surface area contributed by atoms with Crippen LogP contribution in [-0.2, 0) is 10.0 Å². The predicted octanol–water partition coefficient (Wildman–Crippen LogP) is 3.42. The van der Waals surface area contributed by atoms with Crippen molar-refractivity contribution in [2.45, 2.75) is 50.5 Å². The third-order valence-electron chi connectivity index (χ3n) is 6.87. The Hall–Kier alpha value is -2.16. The fraction of sp³-hybridized carbons (Fsp3) is 0.542. The van der Waals surface area contributed by atoms with Crippen molar-refractivity contribution in [1.82, 2.24) is 13.8 Å². The van der Waals surface area contributed by atoms with Crippen molar-refractivity contribution < 1.29 is 17.9 Å². The smallest absolute Gasteiger partial charge is 0.243 e. The van der Waals surface area contributed by atoms with Crippen molar-refractivity contribution in [2.24, 2.45) is 0 Å². The van der Waals surface area contributed by atoms with Gasteiger partial charge in [0.25, 0.3) is 0 Å². The van der Waals surface area contributed by atoms with E-state index in [9.17, 15) is 13.2 Å². The van der Waals surface area contributed by atoms with Crippen LogP contribution in [0, 0.1) is 13.8 Å². The Balaban J connectivity index is 1.38. The molecule has 32 heavy (non-hydrogen) atoms. The molecule has 2 aromatic rings. The first-order valence-corrected chi connectivity index (χ1v) is 12.8. The summed E-state index contributed by atoms with van der Waals surface area (Å²) < 4.78 is 34.9. The monoisotopic (exact) mass is 459 g/mol. The van der Waals surface area contributed by atoms with Crippen LogP contribution < -0.4 is 4.74 Å². The highest BCUT2D eigenvalue weighted by Crippen LogP contribution is 2.33. The first-order chi connectivity index (χ1) is 15.3. The summed E-state index contributed by atoms with van der Waals surface area (Å²) in [4.78, 5) is 15.4. The molecule has 1 aromatic carbocycles. The predicted molar refractivity (Wildman–Crippen MR) is 124 cm³/mol. The summed E-state index contributed by atoms with van der Waals surface area (Å²) in [6.07, 6.45) is 4.90. The van der Waals surface area contributed by atoms with Gasteiger partial charge in [-0.1, -0.05) is 12.8 Å². The van der Waals surface area contributed by atoms with Gasteiger partial charge in [0.1, 0.15) is 5.75 Å². The number of nitrogens with zero attached hydrogens (tertiary/aromatic N) is 3. The average Bonchev–Trinajstić information content (AvgIpc) is 3.41. The normalized spacial score (nSPS) is 18.8. The molecule has 1 saturated heterocycles. The molecule has 0 amide bonds. The number of ketones is 1. The van der Waals surface area contributed by atoms with Gasteiger partial charge in [0.2, 0.25) is 10.0 Å². The molecule has 0 unspecified atom stereocenters. The maximum absolute atomic E-state index is 13.1. The summed E-state index contributed by atoms with van der Waals surface area (Å²) in [5, 5.41) is 0. The van der Waals surface area contributed by atoms with Gasteiger partial charge in [-0.15, -0.1) is 0 Å². The Morgan fingerprint density at radius 1 is 1.03 bits per heavy atom. The Labute approximate surface area is 191 Å². The third kappa shape index (κ3) is 4.49. The molecule has 2 fully saturated rings. The van der Waals surface area contributed by atoms with Gasteiger partial charge >= 0.3 is 0 Å². The number of Topliss-reactive ketones (excluding diaryl/α,β-unsaturated/α-hetero) is 1. The second kappa shape index (κ2) is 9.37. The molecule has 1 aliphatic carbocycles. The van der Waals surface area contributed by atoms with Crippen molar-refractivity contribution >= 4 is 15.8 Å². The molecule has 1 aliphatic heterocycles. The molecule has 0 N–H and O–H groups in total. The number of hydrogen-bond acceptors (Lipinski definition) is 5. The number of aromatic nitrogens is 1. The lowest BCUT2D eigenvalue weighted by atomic mass is 10.1. The first-order valence-electron chi connectivity index (χ1n) is 11.4. The number of carbonyl (C=O) groups excluding carboxylic acids is 1. The van der Waals surface area contributed by atoms with Crippen molar-refractivity contribution in [2.75, 3.05) is 39.8 Å². The summed E-state index contributed by atoms with van der Waals surface area (Å²) in [7, 11) is -1.99. The lowest BCUT2D eigenvalue weighted by molar-refractivity contribution is 0.0901. The van der Waals surface area contributed by atoms with E-state index in [2.05, 4.69) is 23.3 Å². The van der Waals surface area contributed by atoms with Crippen LogP contribution in [-0.4, -0.2) is 67.8 Å². The number of piperazine rings is 1. The van der Waals surface area contributed by atoms with Crippen molar-refractivity contribution in [1.29, 1.82) is 0 Å². The molecule has 0 radical (unpaired) electrons. The zero-order valence-corrected chi connectivity index (χ0v) is 20.0. The first kappa shape index (κ1) is 23.0. The van der Waals surface area contributed by atoms with E-state index >= 15 is 0 Å². The van der Waals surface area contributed by atoms with Crippen LogP contribution in [0.2, 0.25) is 0 Å². The van der Waals surface area contributed by atoms with E-state index in [1.165, 1.54) is 30.0 Å². The summed E-state index contributed by atoms with van der Waals surface area (Å²) in [5.41, 5.74) is 3.04. The summed E-state index contributed by atoms with van der Waals surface area (Å²) in [6.45, 7) is 6.31. The topological polar surface area (TPSA) is 71.9 Å². The summed E-state index contributed by atoms with van der Waals surface area (Å²) >= 11 is 0. The van der Waals surface area contributed by atoms with Gasteiger partial charge in [-0.2, -0.15) is 4.31 Å². The minimum Gasteiger partial charge on any atom is -0.497 e. The molecule has 1 saturated carbocycles. The number of methoxy groups -OCH3 is 1. The molecule has 1 aromatic heterocycles. The molecule has 2 heterocycles. The second-order valence-electron chi connectivity index (χ2n) is 8.87. The number of hydrogen-bond donors (Lipinski definition) is 0. The van der Waals surface area contributed by atoms with Gasteiger partial charge in [0, 0.05) is 49.2 Å². The number of benzene rings is 1. The minimum absolute atomic E-state index is 0.119. The Morgan fingerprint density at radius 3 is 2.25 bits per heavy atom. The van der Waals surface area contributed by atoms with E-state index in [1.54, 1.807) is 31.4 Å². The van der Waals surface area contributed by atoms with Gasteiger partial charge in [0.05, 0.1) is 18.6 Å². The van der Waals surface area contributed by atoms with Crippen molar-refractivity contribution in [3.63, 3.8) is 0 Å². The zero-order valence-electron chi connectivity index (χ0n) is 19.2. The molecule has 8 heteroatoms. The van der Waals surface area contributed by atoms with Crippen LogP contribution in [0.3, 0.4) is 0 Å². The molecule has 7 nitrogen and oxygen atoms in total. The zero-order chi connectivity index (χ0) is 22.9. The second-order valence-corrected chi connectivity index (χ2v) is 10.8. The molecular weight excluding hydrogens is 426 g/mol. The highest BCUT2D eigenvalue weighted by molar-refractivity contribution is 7.89. The molecular formula is C24H33N3O4S. The largest absolute Gasteiger partial charge is 0.497 e. The van der Waals surface area contributed by atoms with Crippen LogP contribution in [0.4, 0.5) is 0 Å². The molecule has 4 rings (SSSR count).